The minimum absolute atomic E-state index is 0.0252. The molecule has 0 aromatic rings. The van der Waals surface area contributed by atoms with E-state index in [0.29, 0.717) is 12.6 Å². The van der Waals surface area contributed by atoms with Crippen LogP contribution in [0.3, 0.4) is 0 Å². The third-order valence-corrected chi connectivity index (χ3v) is 2.56. The van der Waals surface area contributed by atoms with Gasteiger partial charge in [0.2, 0.25) is 5.91 Å². The van der Waals surface area contributed by atoms with Crippen LogP contribution < -0.4 is 5.32 Å². The monoisotopic (exact) mass is 199 g/mol. The summed E-state index contributed by atoms with van der Waals surface area (Å²) in [5, 5.41) is 3.24. The number of amides is 1. The molecule has 0 aromatic carbocycles. The van der Waals surface area contributed by atoms with Gasteiger partial charge in [-0.05, 0) is 20.0 Å². The Balaban J connectivity index is 2.40. The molecule has 1 aliphatic heterocycles. The molecule has 0 aliphatic carbocycles. The number of hydrogen-bond acceptors (Lipinski definition) is 3. The van der Waals surface area contributed by atoms with E-state index in [4.69, 9.17) is 0 Å². The maximum absolute atomic E-state index is 11.8. The van der Waals surface area contributed by atoms with Crippen molar-refractivity contribution in [1.82, 2.24) is 15.1 Å². The smallest absolute Gasteiger partial charge is 0.241 e. The standard InChI is InChI=1S/C10H21N3O/c1-8(2)9-10(14)13(7-11-9)6-5-12(3)4/h8-9,11H,5-7H2,1-4H3. The molecular formula is C10H21N3O. The summed E-state index contributed by atoms with van der Waals surface area (Å²) in [5.41, 5.74) is 0. The van der Waals surface area contributed by atoms with Crippen LogP contribution in [0.4, 0.5) is 0 Å². The average Bonchev–Trinajstić information content (AvgIpc) is 2.43. The normalized spacial score (nSPS) is 22.9. The van der Waals surface area contributed by atoms with Gasteiger partial charge in [0.25, 0.3) is 0 Å². The van der Waals surface area contributed by atoms with Gasteiger partial charge in [-0.1, -0.05) is 13.8 Å². The summed E-state index contributed by atoms with van der Waals surface area (Å²) in [6.45, 7) is 6.60. The summed E-state index contributed by atoms with van der Waals surface area (Å²) >= 11 is 0. The van der Waals surface area contributed by atoms with Gasteiger partial charge in [-0.25, -0.2) is 0 Å². The lowest BCUT2D eigenvalue weighted by atomic mass is 10.1. The van der Waals surface area contributed by atoms with Crippen LogP contribution >= 0.6 is 0 Å². The molecule has 0 radical (unpaired) electrons. The molecule has 1 fully saturated rings. The Morgan fingerprint density at radius 2 is 2.21 bits per heavy atom. The van der Waals surface area contributed by atoms with Gasteiger partial charge >= 0.3 is 0 Å². The Morgan fingerprint density at radius 1 is 1.57 bits per heavy atom. The van der Waals surface area contributed by atoms with E-state index in [1.54, 1.807) is 0 Å². The summed E-state index contributed by atoms with van der Waals surface area (Å²) in [4.78, 5) is 15.8. The largest absolute Gasteiger partial charge is 0.327 e. The van der Waals surface area contributed by atoms with Crippen molar-refractivity contribution in [2.45, 2.75) is 19.9 Å². The Bertz CT molecular complexity index is 204. The Labute approximate surface area is 86.2 Å². The van der Waals surface area contributed by atoms with Gasteiger partial charge < -0.3 is 9.80 Å². The molecular weight excluding hydrogens is 178 g/mol. The van der Waals surface area contributed by atoms with Gasteiger partial charge in [0.15, 0.2) is 0 Å². The molecule has 1 unspecified atom stereocenters. The molecule has 0 saturated carbocycles. The molecule has 4 heteroatoms. The molecule has 82 valence electrons. The van der Waals surface area contributed by atoms with E-state index in [-0.39, 0.29) is 11.9 Å². The summed E-state index contributed by atoms with van der Waals surface area (Å²) in [6.07, 6.45) is 0. The molecule has 14 heavy (non-hydrogen) atoms. The van der Waals surface area contributed by atoms with Gasteiger partial charge in [0.1, 0.15) is 0 Å². The molecule has 1 heterocycles. The van der Waals surface area contributed by atoms with Crippen molar-refractivity contribution >= 4 is 5.91 Å². The zero-order chi connectivity index (χ0) is 10.7. The first kappa shape index (κ1) is 11.5. The zero-order valence-electron chi connectivity index (χ0n) is 9.58. The molecule has 1 N–H and O–H groups in total. The Kier molecular flexibility index (Phi) is 3.89. The highest BCUT2D eigenvalue weighted by molar-refractivity contribution is 5.84. The number of likely N-dealkylation sites (N-methyl/N-ethyl adjacent to an activating group) is 1. The fraction of sp³-hybridized carbons (Fsp3) is 0.900. The molecule has 1 rings (SSSR count). The Hall–Kier alpha value is -0.610. The van der Waals surface area contributed by atoms with E-state index in [2.05, 4.69) is 24.1 Å². The number of nitrogens with zero attached hydrogens (tertiary/aromatic N) is 2. The molecule has 0 bridgehead atoms. The predicted octanol–water partition coefficient (Wildman–Crippen LogP) is -0.0381. The van der Waals surface area contributed by atoms with Crippen LogP contribution in [0.15, 0.2) is 0 Å². The molecule has 1 aliphatic rings. The van der Waals surface area contributed by atoms with Gasteiger partial charge in [-0.2, -0.15) is 0 Å². The highest BCUT2D eigenvalue weighted by Crippen LogP contribution is 2.11. The van der Waals surface area contributed by atoms with E-state index in [9.17, 15) is 4.79 Å². The summed E-state index contributed by atoms with van der Waals surface area (Å²) in [6, 6.07) is 0.0252. The number of carbonyl (C=O) groups is 1. The molecule has 0 aromatic heterocycles. The van der Waals surface area contributed by atoms with Gasteiger partial charge in [-0.3, -0.25) is 10.1 Å². The van der Waals surface area contributed by atoms with Gasteiger partial charge in [-0.15, -0.1) is 0 Å². The van der Waals surface area contributed by atoms with Crippen molar-refractivity contribution in [3.8, 4) is 0 Å². The first-order valence-electron chi connectivity index (χ1n) is 5.19. The van der Waals surface area contributed by atoms with Crippen LogP contribution in [0, 0.1) is 5.92 Å². The number of nitrogens with one attached hydrogen (secondary N) is 1. The van der Waals surface area contributed by atoms with E-state index in [1.807, 2.05) is 19.0 Å². The SMILES string of the molecule is CC(C)C1NCN(CCN(C)C)C1=O. The second-order valence-corrected chi connectivity index (χ2v) is 4.49. The van der Waals surface area contributed by atoms with Crippen LogP contribution in [0.1, 0.15) is 13.8 Å². The molecule has 4 nitrogen and oxygen atoms in total. The first-order chi connectivity index (χ1) is 6.52. The Morgan fingerprint density at radius 3 is 2.64 bits per heavy atom. The minimum Gasteiger partial charge on any atom is -0.327 e. The topological polar surface area (TPSA) is 35.6 Å². The fourth-order valence-corrected chi connectivity index (χ4v) is 1.60. The van der Waals surface area contributed by atoms with Crippen molar-refractivity contribution in [3.05, 3.63) is 0 Å². The van der Waals surface area contributed by atoms with Crippen molar-refractivity contribution < 1.29 is 4.79 Å². The van der Waals surface area contributed by atoms with Gasteiger partial charge in [0.05, 0.1) is 12.7 Å². The van der Waals surface area contributed by atoms with Crippen molar-refractivity contribution in [2.24, 2.45) is 5.92 Å². The number of hydrogen-bond donors (Lipinski definition) is 1. The van der Waals surface area contributed by atoms with E-state index in [1.165, 1.54) is 0 Å². The second kappa shape index (κ2) is 4.75. The van der Waals surface area contributed by atoms with Gasteiger partial charge in [0, 0.05) is 13.1 Å². The van der Waals surface area contributed by atoms with Crippen LogP contribution in [0.2, 0.25) is 0 Å². The summed E-state index contributed by atoms with van der Waals surface area (Å²) in [7, 11) is 4.04. The number of rotatable bonds is 4. The van der Waals surface area contributed by atoms with Crippen molar-refractivity contribution in [3.63, 3.8) is 0 Å². The molecule has 1 atom stereocenters. The fourth-order valence-electron chi connectivity index (χ4n) is 1.60. The predicted molar refractivity (Wildman–Crippen MR) is 56.9 cm³/mol. The molecule has 1 saturated heterocycles. The van der Waals surface area contributed by atoms with Crippen LogP contribution in [-0.2, 0) is 4.79 Å². The highest BCUT2D eigenvalue weighted by atomic mass is 16.2. The van der Waals surface area contributed by atoms with E-state index < -0.39 is 0 Å². The van der Waals surface area contributed by atoms with Crippen molar-refractivity contribution in [1.29, 1.82) is 0 Å². The third-order valence-electron chi connectivity index (χ3n) is 2.56. The minimum atomic E-state index is 0.0252. The lowest BCUT2D eigenvalue weighted by Crippen LogP contribution is -2.37. The highest BCUT2D eigenvalue weighted by Gasteiger charge is 2.32. The molecule has 1 amide bonds. The lowest BCUT2D eigenvalue weighted by Gasteiger charge is -2.18. The quantitative estimate of drug-likeness (QED) is 0.690. The van der Waals surface area contributed by atoms with E-state index in [0.717, 1.165) is 13.1 Å². The maximum Gasteiger partial charge on any atom is 0.241 e. The summed E-state index contributed by atoms with van der Waals surface area (Å²) in [5.74, 6) is 0.633. The second-order valence-electron chi connectivity index (χ2n) is 4.49. The molecule has 0 spiro atoms. The van der Waals surface area contributed by atoms with Crippen LogP contribution in [0.25, 0.3) is 0 Å². The maximum atomic E-state index is 11.8. The van der Waals surface area contributed by atoms with Crippen LogP contribution in [-0.4, -0.2) is 55.6 Å². The van der Waals surface area contributed by atoms with Crippen molar-refractivity contribution in [2.75, 3.05) is 33.9 Å². The number of carbonyl (C=O) groups excluding carboxylic acids is 1. The van der Waals surface area contributed by atoms with Crippen LogP contribution in [0.5, 0.6) is 0 Å². The average molecular weight is 199 g/mol. The third kappa shape index (κ3) is 2.69. The summed E-state index contributed by atoms with van der Waals surface area (Å²) < 4.78 is 0. The zero-order valence-corrected chi connectivity index (χ0v) is 9.58. The lowest BCUT2D eigenvalue weighted by molar-refractivity contribution is -0.129. The van der Waals surface area contributed by atoms with E-state index >= 15 is 0 Å². The first-order valence-corrected chi connectivity index (χ1v) is 5.19.